The second-order valence-corrected chi connectivity index (χ2v) is 3.43. The molecule has 0 amide bonds. The fourth-order valence-electron chi connectivity index (χ4n) is 1.42. The van der Waals surface area contributed by atoms with Crippen LogP contribution >= 0.6 is 11.6 Å². The number of hydrogen-bond acceptors (Lipinski definition) is 3. The van der Waals surface area contributed by atoms with Crippen LogP contribution in [-0.4, -0.2) is 14.2 Å². The van der Waals surface area contributed by atoms with Gasteiger partial charge in [0.2, 0.25) is 0 Å². The molecule has 0 aliphatic carbocycles. The summed E-state index contributed by atoms with van der Waals surface area (Å²) >= 11 is 5.93. The molecule has 0 heterocycles. The summed E-state index contributed by atoms with van der Waals surface area (Å²) in [7, 11) is 2.77. The lowest BCUT2D eigenvalue weighted by Crippen LogP contribution is -1.98. The maximum atomic E-state index is 13.5. The molecular formula is C11H11ClFNO2. The molecule has 86 valence electrons. The maximum Gasteiger partial charge on any atom is 0.176 e. The van der Waals surface area contributed by atoms with Crippen LogP contribution in [0.2, 0.25) is 5.02 Å². The Hall–Kier alpha value is -1.47. The average molecular weight is 244 g/mol. The highest BCUT2D eigenvalue weighted by atomic mass is 35.5. The van der Waals surface area contributed by atoms with E-state index in [0.29, 0.717) is 17.7 Å². The number of halogens is 2. The van der Waals surface area contributed by atoms with Gasteiger partial charge in [-0.05, 0) is 18.1 Å². The predicted molar refractivity (Wildman–Crippen MR) is 58.4 cm³/mol. The Bertz CT molecular complexity index is 429. The summed E-state index contributed by atoms with van der Waals surface area (Å²) in [5.74, 6) is -0.240. The SMILES string of the molecule is COc1c(F)cc(CCC#N)c(OC)c1Cl. The molecule has 0 saturated carbocycles. The van der Waals surface area contributed by atoms with Crippen LogP contribution in [0.25, 0.3) is 0 Å². The summed E-state index contributed by atoms with van der Waals surface area (Å²) < 4.78 is 23.4. The molecule has 3 nitrogen and oxygen atoms in total. The minimum atomic E-state index is -0.554. The standard InChI is InChI=1S/C11H11ClFNO2/c1-15-10-7(4-3-5-14)6-8(13)11(16-2)9(10)12/h6H,3-4H2,1-2H3. The van der Waals surface area contributed by atoms with Gasteiger partial charge in [0.05, 0.1) is 20.3 Å². The van der Waals surface area contributed by atoms with Crippen molar-refractivity contribution < 1.29 is 13.9 Å². The first kappa shape index (κ1) is 12.6. The van der Waals surface area contributed by atoms with Gasteiger partial charge in [0, 0.05) is 6.42 Å². The lowest BCUT2D eigenvalue weighted by Gasteiger charge is -2.13. The lowest BCUT2D eigenvalue weighted by atomic mass is 10.1. The van der Waals surface area contributed by atoms with Crippen LogP contribution in [0.1, 0.15) is 12.0 Å². The van der Waals surface area contributed by atoms with Gasteiger partial charge in [0.1, 0.15) is 10.8 Å². The van der Waals surface area contributed by atoms with Crippen molar-refractivity contribution in [3.63, 3.8) is 0 Å². The van der Waals surface area contributed by atoms with Crippen molar-refractivity contribution in [3.05, 3.63) is 22.5 Å². The number of aryl methyl sites for hydroxylation is 1. The fourth-order valence-corrected chi connectivity index (χ4v) is 1.78. The van der Waals surface area contributed by atoms with Crippen molar-refractivity contribution in [1.29, 1.82) is 5.26 Å². The fraction of sp³-hybridized carbons (Fsp3) is 0.364. The third-order valence-electron chi connectivity index (χ3n) is 2.12. The largest absolute Gasteiger partial charge is 0.495 e. The van der Waals surface area contributed by atoms with Crippen molar-refractivity contribution >= 4 is 11.6 Å². The average Bonchev–Trinajstić information content (AvgIpc) is 2.26. The first-order chi connectivity index (χ1) is 7.65. The number of benzene rings is 1. The number of ether oxygens (including phenoxy) is 2. The maximum absolute atomic E-state index is 13.5. The molecule has 5 heteroatoms. The molecule has 0 bridgehead atoms. The molecule has 0 aliphatic heterocycles. The van der Waals surface area contributed by atoms with E-state index in [2.05, 4.69) is 0 Å². The molecule has 0 N–H and O–H groups in total. The number of methoxy groups -OCH3 is 2. The first-order valence-electron chi connectivity index (χ1n) is 4.61. The summed E-state index contributed by atoms with van der Waals surface area (Å²) in [6.45, 7) is 0. The highest BCUT2D eigenvalue weighted by molar-refractivity contribution is 6.33. The van der Waals surface area contributed by atoms with Gasteiger partial charge in [-0.15, -0.1) is 0 Å². The number of rotatable bonds is 4. The molecule has 0 atom stereocenters. The van der Waals surface area contributed by atoms with E-state index in [9.17, 15) is 4.39 Å². The summed E-state index contributed by atoms with van der Waals surface area (Å²) in [4.78, 5) is 0. The van der Waals surface area contributed by atoms with Gasteiger partial charge in [-0.2, -0.15) is 5.26 Å². The summed E-state index contributed by atoms with van der Waals surface area (Å²) in [5, 5.41) is 8.58. The topological polar surface area (TPSA) is 42.2 Å². The zero-order valence-electron chi connectivity index (χ0n) is 9.01. The molecule has 1 rings (SSSR count). The predicted octanol–water partition coefficient (Wildman–Crippen LogP) is 2.95. The Morgan fingerprint density at radius 1 is 1.38 bits per heavy atom. The van der Waals surface area contributed by atoms with Gasteiger partial charge < -0.3 is 9.47 Å². The quantitative estimate of drug-likeness (QED) is 0.817. The minimum absolute atomic E-state index is 0.0424. The van der Waals surface area contributed by atoms with Crippen LogP contribution in [0.4, 0.5) is 4.39 Å². The van der Waals surface area contributed by atoms with Crippen LogP contribution in [0.3, 0.4) is 0 Å². The molecule has 0 unspecified atom stereocenters. The Balaban J connectivity index is 3.24. The van der Waals surface area contributed by atoms with Gasteiger partial charge in [0.25, 0.3) is 0 Å². The van der Waals surface area contributed by atoms with Gasteiger partial charge in [-0.25, -0.2) is 4.39 Å². The molecule has 16 heavy (non-hydrogen) atoms. The number of nitrogens with zero attached hydrogens (tertiary/aromatic N) is 1. The van der Waals surface area contributed by atoms with Gasteiger partial charge in [-0.1, -0.05) is 11.6 Å². The van der Waals surface area contributed by atoms with Crippen molar-refractivity contribution in [2.45, 2.75) is 12.8 Å². The molecule has 0 radical (unpaired) electrons. The van der Waals surface area contributed by atoms with Gasteiger partial charge >= 0.3 is 0 Å². The second-order valence-electron chi connectivity index (χ2n) is 3.06. The van der Waals surface area contributed by atoms with Crippen LogP contribution in [0.5, 0.6) is 11.5 Å². The van der Waals surface area contributed by atoms with Crippen molar-refractivity contribution in [2.24, 2.45) is 0 Å². The highest BCUT2D eigenvalue weighted by Crippen LogP contribution is 2.39. The number of nitriles is 1. The molecule has 1 aromatic rings. The third kappa shape index (κ3) is 2.37. The monoisotopic (exact) mass is 243 g/mol. The molecule has 1 aromatic carbocycles. The van der Waals surface area contributed by atoms with E-state index >= 15 is 0 Å². The summed E-state index contributed by atoms with van der Waals surface area (Å²) in [6, 6.07) is 3.26. The summed E-state index contributed by atoms with van der Waals surface area (Å²) in [5.41, 5.74) is 0.562. The van der Waals surface area contributed by atoms with Crippen molar-refractivity contribution in [3.8, 4) is 17.6 Å². The lowest BCUT2D eigenvalue weighted by molar-refractivity contribution is 0.372. The molecule has 0 aromatic heterocycles. The van der Waals surface area contributed by atoms with E-state index in [1.165, 1.54) is 20.3 Å². The molecular weight excluding hydrogens is 233 g/mol. The van der Waals surface area contributed by atoms with Gasteiger partial charge in [-0.3, -0.25) is 0 Å². The van der Waals surface area contributed by atoms with Crippen molar-refractivity contribution in [1.82, 2.24) is 0 Å². The Morgan fingerprint density at radius 2 is 2.00 bits per heavy atom. The smallest absolute Gasteiger partial charge is 0.176 e. The Labute approximate surface area is 98.3 Å². The molecule has 0 fully saturated rings. The molecule has 0 saturated heterocycles. The second kappa shape index (κ2) is 5.57. The van der Waals surface area contributed by atoms with E-state index in [0.717, 1.165) is 0 Å². The normalized spacial score (nSPS) is 9.69. The Kier molecular flexibility index (Phi) is 4.39. The first-order valence-corrected chi connectivity index (χ1v) is 4.99. The van der Waals surface area contributed by atoms with Crippen LogP contribution in [-0.2, 0) is 6.42 Å². The van der Waals surface area contributed by atoms with Crippen LogP contribution in [0.15, 0.2) is 6.07 Å². The zero-order chi connectivity index (χ0) is 12.1. The third-order valence-corrected chi connectivity index (χ3v) is 2.47. The molecule has 0 aliphatic rings. The summed E-state index contributed by atoms with van der Waals surface area (Å²) in [6.07, 6.45) is 0.665. The zero-order valence-corrected chi connectivity index (χ0v) is 9.77. The molecule has 0 spiro atoms. The van der Waals surface area contributed by atoms with E-state index in [1.807, 2.05) is 6.07 Å². The Morgan fingerprint density at radius 3 is 2.50 bits per heavy atom. The van der Waals surface area contributed by atoms with Crippen LogP contribution in [0, 0.1) is 17.1 Å². The van der Waals surface area contributed by atoms with E-state index in [1.54, 1.807) is 0 Å². The van der Waals surface area contributed by atoms with Gasteiger partial charge in [0.15, 0.2) is 11.6 Å². The van der Waals surface area contributed by atoms with Crippen LogP contribution < -0.4 is 9.47 Å². The van der Waals surface area contributed by atoms with E-state index in [-0.39, 0.29) is 17.2 Å². The van der Waals surface area contributed by atoms with E-state index < -0.39 is 5.82 Å². The van der Waals surface area contributed by atoms with E-state index in [4.69, 9.17) is 26.3 Å². The van der Waals surface area contributed by atoms with Crippen molar-refractivity contribution in [2.75, 3.05) is 14.2 Å². The highest BCUT2D eigenvalue weighted by Gasteiger charge is 2.17. The minimum Gasteiger partial charge on any atom is -0.495 e. The number of hydrogen-bond donors (Lipinski definition) is 0.